The van der Waals surface area contributed by atoms with Gasteiger partial charge in [0.25, 0.3) is 5.91 Å². The third-order valence-corrected chi connectivity index (χ3v) is 5.15. The predicted octanol–water partition coefficient (Wildman–Crippen LogP) is 2.95. The third-order valence-electron chi connectivity index (χ3n) is 4.24. The average Bonchev–Trinajstić information content (AvgIpc) is 3.24. The van der Waals surface area contributed by atoms with Crippen LogP contribution in [-0.4, -0.2) is 41.9 Å². The van der Waals surface area contributed by atoms with E-state index in [1.165, 1.54) is 11.3 Å². The highest BCUT2D eigenvalue weighted by molar-refractivity contribution is 7.12. The molecule has 0 aromatic carbocycles. The fourth-order valence-corrected chi connectivity index (χ4v) is 3.68. The molecule has 1 saturated heterocycles. The van der Waals surface area contributed by atoms with Gasteiger partial charge in [0.15, 0.2) is 0 Å². The van der Waals surface area contributed by atoms with Crippen molar-refractivity contribution in [3.8, 4) is 6.07 Å². The number of rotatable bonds is 4. The summed E-state index contributed by atoms with van der Waals surface area (Å²) in [4.78, 5) is 17.8. The van der Waals surface area contributed by atoms with Gasteiger partial charge in [0.05, 0.1) is 23.2 Å². The number of furan rings is 1. The molecule has 3 heterocycles. The summed E-state index contributed by atoms with van der Waals surface area (Å²) in [5.41, 5.74) is 0.541. The number of nitriles is 1. The van der Waals surface area contributed by atoms with E-state index in [1.54, 1.807) is 17.7 Å². The van der Waals surface area contributed by atoms with E-state index in [2.05, 4.69) is 18.0 Å². The van der Waals surface area contributed by atoms with Crippen molar-refractivity contribution in [1.82, 2.24) is 9.80 Å². The van der Waals surface area contributed by atoms with Crippen LogP contribution in [0.25, 0.3) is 0 Å². The summed E-state index contributed by atoms with van der Waals surface area (Å²) in [6.45, 7) is 2.45. The fourth-order valence-electron chi connectivity index (χ4n) is 2.89. The maximum atomic E-state index is 13.0. The molecule has 1 amide bonds. The molecule has 0 aliphatic carbocycles. The molecule has 23 heavy (non-hydrogen) atoms. The number of carbonyl (C=O) groups excluding carboxylic acids is 1. The Morgan fingerprint density at radius 1 is 1.52 bits per heavy atom. The second kappa shape index (κ2) is 6.99. The van der Waals surface area contributed by atoms with Gasteiger partial charge in [-0.05, 0) is 51.2 Å². The van der Waals surface area contributed by atoms with Crippen LogP contribution < -0.4 is 0 Å². The smallest absolute Gasteiger partial charge is 0.264 e. The van der Waals surface area contributed by atoms with Gasteiger partial charge in [0.2, 0.25) is 0 Å². The standard InChI is InChI=1S/C17H19N3O2S/c1-19-6-4-14(5-7-19)20(11-15-3-2-8-22-15)17(21)16-9-13(10-18)12-23-16/h2-3,8-9,12,14H,4-7,11H2,1H3. The molecule has 0 unspecified atom stereocenters. The van der Waals surface area contributed by atoms with Gasteiger partial charge < -0.3 is 14.2 Å². The number of amides is 1. The Kier molecular flexibility index (Phi) is 4.79. The molecular formula is C17H19N3O2S. The normalized spacial score (nSPS) is 16.2. The Bertz CT molecular complexity index is 694. The van der Waals surface area contributed by atoms with E-state index < -0.39 is 0 Å². The van der Waals surface area contributed by atoms with Crippen LogP contribution in [0.4, 0.5) is 0 Å². The first-order valence-electron chi connectivity index (χ1n) is 7.68. The van der Waals surface area contributed by atoms with Gasteiger partial charge in [-0.3, -0.25) is 4.79 Å². The number of nitrogens with zero attached hydrogens (tertiary/aromatic N) is 3. The van der Waals surface area contributed by atoms with E-state index in [9.17, 15) is 4.79 Å². The van der Waals surface area contributed by atoms with Crippen molar-refractivity contribution in [1.29, 1.82) is 5.26 Å². The van der Waals surface area contributed by atoms with Crippen molar-refractivity contribution in [2.24, 2.45) is 0 Å². The molecule has 0 N–H and O–H groups in total. The summed E-state index contributed by atoms with van der Waals surface area (Å²) in [5.74, 6) is 0.775. The summed E-state index contributed by atoms with van der Waals surface area (Å²) in [6.07, 6.45) is 3.55. The van der Waals surface area contributed by atoms with E-state index in [1.807, 2.05) is 17.0 Å². The van der Waals surface area contributed by atoms with Crippen LogP contribution in [0.1, 0.15) is 33.8 Å². The van der Waals surface area contributed by atoms with Crippen molar-refractivity contribution >= 4 is 17.2 Å². The molecule has 0 saturated carbocycles. The molecule has 0 radical (unpaired) electrons. The maximum Gasteiger partial charge on any atom is 0.264 e. The van der Waals surface area contributed by atoms with Gasteiger partial charge in [0.1, 0.15) is 11.8 Å². The molecule has 3 rings (SSSR count). The minimum atomic E-state index is -0.0116. The second-order valence-electron chi connectivity index (χ2n) is 5.86. The topological polar surface area (TPSA) is 60.5 Å². The zero-order chi connectivity index (χ0) is 16.2. The lowest BCUT2D eigenvalue weighted by Crippen LogP contribution is -2.46. The van der Waals surface area contributed by atoms with Crippen molar-refractivity contribution in [2.75, 3.05) is 20.1 Å². The molecule has 2 aromatic rings. The van der Waals surface area contributed by atoms with E-state index in [0.717, 1.165) is 31.7 Å². The molecule has 0 atom stereocenters. The molecule has 1 fully saturated rings. The fraction of sp³-hybridized carbons (Fsp3) is 0.412. The molecule has 0 spiro atoms. The van der Waals surface area contributed by atoms with Crippen LogP contribution in [0.2, 0.25) is 0 Å². The molecule has 2 aromatic heterocycles. The average molecular weight is 329 g/mol. The second-order valence-corrected chi connectivity index (χ2v) is 6.77. The lowest BCUT2D eigenvalue weighted by atomic mass is 10.0. The molecule has 120 valence electrons. The first kappa shape index (κ1) is 15.8. The van der Waals surface area contributed by atoms with Gasteiger partial charge in [-0.25, -0.2) is 0 Å². The SMILES string of the molecule is CN1CCC(N(Cc2ccco2)C(=O)c2cc(C#N)cs2)CC1. The van der Waals surface area contributed by atoms with E-state index in [0.29, 0.717) is 17.0 Å². The van der Waals surface area contributed by atoms with Crippen molar-refractivity contribution in [2.45, 2.75) is 25.4 Å². The van der Waals surface area contributed by atoms with Crippen molar-refractivity contribution < 1.29 is 9.21 Å². The van der Waals surface area contributed by atoms with Gasteiger partial charge in [-0.1, -0.05) is 0 Å². The lowest BCUT2D eigenvalue weighted by molar-refractivity contribution is 0.0555. The largest absolute Gasteiger partial charge is 0.467 e. The molecule has 0 bridgehead atoms. The zero-order valence-corrected chi connectivity index (χ0v) is 13.9. The summed E-state index contributed by atoms with van der Waals surface area (Å²) >= 11 is 1.33. The van der Waals surface area contributed by atoms with Crippen LogP contribution in [-0.2, 0) is 6.54 Å². The highest BCUT2D eigenvalue weighted by Crippen LogP contribution is 2.24. The number of hydrogen-bond acceptors (Lipinski definition) is 5. The summed E-state index contributed by atoms with van der Waals surface area (Å²) in [7, 11) is 2.10. The van der Waals surface area contributed by atoms with Crippen LogP contribution >= 0.6 is 11.3 Å². The summed E-state index contributed by atoms with van der Waals surface area (Å²) in [5, 5.41) is 10.7. The van der Waals surface area contributed by atoms with E-state index >= 15 is 0 Å². The van der Waals surface area contributed by atoms with Crippen LogP contribution in [0.3, 0.4) is 0 Å². The lowest BCUT2D eigenvalue weighted by Gasteiger charge is -2.36. The molecule has 1 aliphatic heterocycles. The molecule has 5 nitrogen and oxygen atoms in total. The van der Waals surface area contributed by atoms with Crippen molar-refractivity contribution in [3.63, 3.8) is 0 Å². The number of likely N-dealkylation sites (tertiary alicyclic amines) is 1. The Labute approximate surface area is 139 Å². The Balaban J connectivity index is 1.81. The van der Waals surface area contributed by atoms with Gasteiger partial charge in [-0.15, -0.1) is 11.3 Å². The van der Waals surface area contributed by atoms with Gasteiger partial charge >= 0.3 is 0 Å². The first-order chi connectivity index (χ1) is 11.2. The van der Waals surface area contributed by atoms with Crippen LogP contribution in [0.15, 0.2) is 34.3 Å². The Morgan fingerprint density at radius 2 is 2.30 bits per heavy atom. The quantitative estimate of drug-likeness (QED) is 0.865. The highest BCUT2D eigenvalue weighted by atomic mass is 32.1. The third kappa shape index (κ3) is 3.63. The predicted molar refractivity (Wildman–Crippen MR) is 88.1 cm³/mol. The van der Waals surface area contributed by atoms with Gasteiger partial charge in [0, 0.05) is 11.4 Å². The summed E-state index contributed by atoms with van der Waals surface area (Å²) < 4.78 is 5.44. The maximum absolute atomic E-state index is 13.0. The Hall–Kier alpha value is -2.10. The number of piperidine rings is 1. The van der Waals surface area contributed by atoms with Crippen molar-refractivity contribution in [3.05, 3.63) is 46.0 Å². The first-order valence-corrected chi connectivity index (χ1v) is 8.56. The zero-order valence-electron chi connectivity index (χ0n) is 13.1. The summed E-state index contributed by atoms with van der Waals surface area (Å²) in [6, 6.07) is 7.70. The molecule has 6 heteroatoms. The van der Waals surface area contributed by atoms with Crippen LogP contribution in [0.5, 0.6) is 0 Å². The van der Waals surface area contributed by atoms with E-state index in [4.69, 9.17) is 9.68 Å². The number of thiophene rings is 1. The number of hydrogen-bond donors (Lipinski definition) is 0. The minimum absolute atomic E-state index is 0.0116. The van der Waals surface area contributed by atoms with Gasteiger partial charge in [-0.2, -0.15) is 5.26 Å². The minimum Gasteiger partial charge on any atom is -0.467 e. The van der Waals surface area contributed by atoms with E-state index in [-0.39, 0.29) is 11.9 Å². The molecule has 1 aliphatic rings. The monoisotopic (exact) mass is 329 g/mol. The van der Waals surface area contributed by atoms with Crippen LogP contribution in [0, 0.1) is 11.3 Å². The highest BCUT2D eigenvalue weighted by Gasteiger charge is 2.29. The molecular weight excluding hydrogens is 310 g/mol. The number of carbonyl (C=O) groups is 1. The Morgan fingerprint density at radius 3 is 2.91 bits per heavy atom.